The Labute approximate surface area is 146 Å². The van der Waals surface area contributed by atoms with Crippen molar-refractivity contribution in [3.63, 3.8) is 0 Å². The second-order valence-electron chi connectivity index (χ2n) is 6.01. The number of halogens is 1. The van der Waals surface area contributed by atoms with Crippen molar-refractivity contribution >= 4 is 32.5 Å². The van der Waals surface area contributed by atoms with Crippen LogP contribution in [0.1, 0.15) is 13.3 Å². The molecule has 1 fully saturated rings. The number of rotatable bonds is 5. The number of fused-ring (bicyclic) bond motifs is 1. The maximum absolute atomic E-state index is 5.25. The first kappa shape index (κ1) is 16.7. The Hall–Kier alpha value is -1.17. The molecule has 1 aromatic heterocycles. The molecule has 5 heteroatoms. The molecule has 0 spiro atoms. The average molecular weight is 378 g/mol. The summed E-state index contributed by atoms with van der Waals surface area (Å²) in [5.74, 6) is 1.11. The fraction of sp³-hybridized carbons (Fsp3) is 0.500. The van der Waals surface area contributed by atoms with Crippen LogP contribution in [0.15, 0.2) is 34.9 Å². The average Bonchev–Trinajstić information content (AvgIpc) is 2.60. The van der Waals surface area contributed by atoms with Gasteiger partial charge in [0.05, 0.1) is 6.61 Å². The Morgan fingerprint density at radius 3 is 2.91 bits per heavy atom. The number of benzene rings is 1. The van der Waals surface area contributed by atoms with E-state index in [4.69, 9.17) is 4.74 Å². The number of methoxy groups -OCH3 is 1. The third-order valence-electron chi connectivity index (χ3n) is 4.69. The molecule has 1 aromatic carbocycles. The van der Waals surface area contributed by atoms with Crippen LogP contribution >= 0.6 is 15.9 Å². The Morgan fingerprint density at radius 1 is 1.26 bits per heavy atom. The van der Waals surface area contributed by atoms with Crippen LogP contribution in [-0.4, -0.2) is 55.8 Å². The second-order valence-corrected chi connectivity index (χ2v) is 6.86. The molecule has 0 amide bonds. The molecule has 2 heterocycles. The van der Waals surface area contributed by atoms with Gasteiger partial charge in [-0.3, -0.25) is 4.90 Å². The molecule has 1 aliphatic rings. The first-order chi connectivity index (χ1) is 11.2. The molecule has 0 radical (unpaired) electrons. The maximum Gasteiger partial charge on any atom is 0.136 e. The Morgan fingerprint density at radius 2 is 2.13 bits per heavy atom. The number of anilines is 1. The van der Waals surface area contributed by atoms with Crippen molar-refractivity contribution in [3.05, 3.63) is 34.9 Å². The summed E-state index contributed by atoms with van der Waals surface area (Å²) < 4.78 is 6.38. The molecule has 1 atom stereocenters. The molecule has 124 valence electrons. The fourth-order valence-corrected chi connectivity index (χ4v) is 3.88. The number of piperazine rings is 1. The van der Waals surface area contributed by atoms with Crippen LogP contribution in [0.5, 0.6) is 0 Å². The molecule has 2 aromatic rings. The molecule has 1 unspecified atom stereocenters. The zero-order valence-electron chi connectivity index (χ0n) is 13.8. The minimum Gasteiger partial charge on any atom is -0.383 e. The smallest absolute Gasteiger partial charge is 0.136 e. The number of hydrogen-bond donors (Lipinski definition) is 0. The molecule has 23 heavy (non-hydrogen) atoms. The lowest BCUT2D eigenvalue weighted by atomic mass is 10.1. The third kappa shape index (κ3) is 3.52. The van der Waals surface area contributed by atoms with Gasteiger partial charge in [0.25, 0.3) is 0 Å². The van der Waals surface area contributed by atoms with Crippen molar-refractivity contribution in [2.45, 2.75) is 19.4 Å². The summed E-state index contributed by atoms with van der Waals surface area (Å²) in [7, 11) is 1.77. The molecule has 0 N–H and O–H groups in total. The van der Waals surface area contributed by atoms with Gasteiger partial charge in [0.1, 0.15) is 5.82 Å². The molecule has 1 saturated heterocycles. The van der Waals surface area contributed by atoms with Crippen molar-refractivity contribution in [1.82, 2.24) is 9.88 Å². The predicted molar refractivity (Wildman–Crippen MR) is 99.2 cm³/mol. The van der Waals surface area contributed by atoms with Crippen LogP contribution in [0.3, 0.4) is 0 Å². The van der Waals surface area contributed by atoms with E-state index in [0.29, 0.717) is 6.04 Å². The Bertz CT molecular complexity index is 664. The van der Waals surface area contributed by atoms with Gasteiger partial charge in [-0.2, -0.15) is 0 Å². The summed E-state index contributed by atoms with van der Waals surface area (Å²) in [5, 5.41) is 2.45. The lowest BCUT2D eigenvalue weighted by molar-refractivity contribution is 0.109. The van der Waals surface area contributed by atoms with Gasteiger partial charge in [-0.25, -0.2) is 4.98 Å². The minimum atomic E-state index is 0.558. The molecule has 1 aliphatic heterocycles. The van der Waals surface area contributed by atoms with Crippen LogP contribution in [0.4, 0.5) is 5.82 Å². The highest BCUT2D eigenvalue weighted by Crippen LogP contribution is 2.31. The zero-order valence-corrected chi connectivity index (χ0v) is 15.4. The van der Waals surface area contributed by atoms with Crippen molar-refractivity contribution in [3.8, 4) is 0 Å². The highest BCUT2D eigenvalue weighted by atomic mass is 79.9. The van der Waals surface area contributed by atoms with Gasteiger partial charge in [0.15, 0.2) is 0 Å². The molecule has 0 aliphatic carbocycles. The molecular formula is C18H24BrN3O. The number of pyridine rings is 1. The second kappa shape index (κ2) is 7.60. The highest BCUT2D eigenvalue weighted by Gasteiger charge is 2.27. The first-order valence-corrected chi connectivity index (χ1v) is 9.05. The van der Waals surface area contributed by atoms with Gasteiger partial charge in [-0.1, -0.05) is 35.0 Å². The Kier molecular flexibility index (Phi) is 5.51. The Balaban J connectivity index is 1.85. The summed E-state index contributed by atoms with van der Waals surface area (Å²) in [6, 6.07) is 8.98. The van der Waals surface area contributed by atoms with Crippen LogP contribution < -0.4 is 4.90 Å². The van der Waals surface area contributed by atoms with E-state index in [9.17, 15) is 0 Å². The lowest BCUT2D eigenvalue weighted by Gasteiger charge is -2.42. The van der Waals surface area contributed by atoms with Gasteiger partial charge in [0, 0.05) is 60.8 Å². The fourth-order valence-electron chi connectivity index (χ4n) is 3.38. The highest BCUT2D eigenvalue weighted by molar-refractivity contribution is 9.10. The van der Waals surface area contributed by atoms with Gasteiger partial charge < -0.3 is 9.64 Å². The maximum atomic E-state index is 5.25. The number of nitrogens with zero attached hydrogens (tertiary/aromatic N) is 3. The largest absolute Gasteiger partial charge is 0.383 e. The van der Waals surface area contributed by atoms with E-state index in [1.54, 1.807) is 7.11 Å². The lowest BCUT2D eigenvalue weighted by Crippen LogP contribution is -2.54. The third-order valence-corrected chi connectivity index (χ3v) is 5.38. The van der Waals surface area contributed by atoms with E-state index in [0.717, 1.165) is 49.5 Å². The van der Waals surface area contributed by atoms with E-state index in [1.807, 2.05) is 6.20 Å². The predicted octanol–water partition coefficient (Wildman–Crippen LogP) is 3.54. The van der Waals surface area contributed by atoms with Gasteiger partial charge in [0.2, 0.25) is 0 Å². The molecular weight excluding hydrogens is 354 g/mol. The summed E-state index contributed by atoms with van der Waals surface area (Å²) in [6.07, 6.45) is 3.06. The monoisotopic (exact) mass is 377 g/mol. The van der Waals surface area contributed by atoms with Crippen molar-refractivity contribution < 1.29 is 4.74 Å². The van der Waals surface area contributed by atoms with Gasteiger partial charge in [-0.05, 0) is 18.6 Å². The standard InChI is InChI=1S/C18H24BrN3O/c1-3-14-13-22(10-9-21(14)11-12-23-2)18-16-5-4-6-17(19)15(16)7-8-20-18/h4-8,14H,3,9-13H2,1-2H3. The molecule has 4 nitrogen and oxygen atoms in total. The normalized spacial score (nSPS) is 19.4. The van der Waals surface area contributed by atoms with E-state index < -0.39 is 0 Å². The topological polar surface area (TPSA) is 28.6 Å². The SMILES string of the molecule is CCC1CN(c2nccc3c(Br)cccc23)CCN1CCOC. The van der Waals surface area contributed by atoms with Crippen LogP contribution in [0.25, 0.3) is 10.8 Å². The number of ether oxygens (including phenoxy) is 1. The molecule has 0 saturated carbocycles. The van der Waals surface area contributed by atoms with Crippen LogP contribution in [0.2, 0.25) is 0 Å². The summed E-state index contributed by atoms with van der Waals surface area (Å²) in [6.45, 7) is 7.18. The van der Waals surface area contributed by atoms with Gasteiger partial charge in [-0.15, -0.1) is 0 Å². The van der Waals surface area contributed by atoms with Crippen molar-refractivity contribution in [1.29, 1.82) is 0 Å². The molecule has 3 rings (SSSR count). The summed E-state index contributed by atoms with van der Waals surface area (Å²) in [5.41, 5.74) is 0. The quantitative estimate of drug-likeness (QED) is 0.796. The first-order valence-electron chi connectivity index (χ1n) is 8.25. The zero-order chi connectivity index (χ0) is 16.2. The summed E-state index contributed by atoms with van der Waals surface area (Å²) >= 11 is 3.65. The van der Waals surface area contributed by atoms with Gasteiger partial charge >= 0.3 is 0 Å². The number of hydrogen-bond acceptors (Lipinski definition) is 4. The molecule has 0 bridgehead atoms. The summed E-state index contributed by atoms with van der Waals surface area (Å²) in [4.78, 5) is 9.67. The van der Waals surface area contributed by atoms with E-state index >= 15 is 0 Å². The minimum absolute atomic E-state index is 0.558. The van der Waals surface area contributed by atoms with Crippen LogP contribution in [-0.2, 0) is 4.74 Å². The van der Waals surface area contributed by atoms with E-state index in [1.165, 1.54) is 10.8 Å². The van der Waals surface area contributed by atoms with Crippen molar-refractivity contribution in [2.75, 3.05) is 44.8 Å². The van der Waals surface area contributed by atoms with E-state index in [2.05, 4.69) is 61.9 Å². The number of aromatic nitrogens is 1. The van der Waals surface area contributed by atoms with Crippen molar-refractivity contribution in [2.24, 2.45) is 0 Å². The van der Waals surface area contributed by atoms with Crippen LogP contribution in [0, 0.1) is 0 Å². The van der Waals surface area contributed by atoms with E-state index in [-0.39, 0.29) is 0 Å².